The average Bonchev–Trinajstić information content (AvgIpc) is 2.65. The van der Waals surface area contributed by atoms with E-state index in [1.165, 1.54) is 14.2 Å². The Hall–Kier alpha value is -3.08. The third-order valence-corrected chi connectivity index (χ3v) is 3.84. The van der Waals surface area contributed by atoms with Crippen LogP contribution in [0.1, 0.15) is 41.0 Å². The molecule has 0 unspecified atom stereocenters. The van der Waals surface area contributed by atoms with E-state index < -0.39 is 5.97 Å². The molecule has 0 fully saturated rings. The monoisotopic (exact) mass is 353 g/mol. The molecule has 1 aromatic carbocycles. The number of phenolic OH excluding ortho intramolecular Hbond substituents is 1. The van der Waals surface area contributed by atoms with Crippen LogP contribution >= 0.6 is 0 Å². The molecule has 5 heteroatoms. The zero-order chi connectivity index (χ0) is 19.1. The lowest BCUT2D eigenvalue weighted by atomic mass is 9.97. The van der Waals surface area contributed by atoms with Gasteiger partial charge in [-0.2, -0.15) is 0 Å². The van der Waals surface area contributed by atoms with Crippen molar-refractivity contribution in [1.29, 1.82) is 0 Å². The molecule has 1 aromatic heterocycles. The van der Waals surface area contributed by atoms with E-state index in [1.807, 2.05) is 38.1 Å². The minimum absolute atomic E-state index is 0.109. The van der Waals surface area contributed by atoms with Gasteiger partial charge in [-0.1, -0.05) is 23.8 Å². The number of benzene rings is 1. The minimum Gasteiger partial charge on any atom is -0.507 e. The first kappa shape index (κ1) is 19.2. The summed E-state index contributed by atoms with van der Waals surface area (Å²) in [6.45, 7) is 3.93. The summed E-state index contributed by atoms with van der Waals surface area (Å²) in [5.74, 6) is -0.230. The van der Waals surface area contributed by atoms with Crippen LogP contribution in [0.3, 0.4) is 0 Å². The molecule has 136 valence electrons. The number of carbonyl (C=O) groups is 1. The van der Waals surface area contributed by atoms with Crippen LogP contribution in [-0.2, 0) is 11.2 Å². The van der Waals surface area contributed by atoms with Crippen molar-refractivity contribution in [2.24, 2.45) is 0 Å². The Bertz CT molecular complexity index is 835. The number of aromatic hydroxyl groups is 1. The fourth-order valence-corrected chi connectivity index (χ4v) is 2.49. The topological polar surface area (TPSA) is 68.7 Å². The van der Waals surface area contributed by atoms with Gasteiger partial charge in [0, 0.05) is 11.8 Å². The van der Waals surface area contributed by atoms with Gasteiger partial charge in [-0.25, -0.2) is 4.79 Å². The maximum atomic E-state index is 12.3. The Balaban J connectivity index is 2.59. The lowest BCUT2D eigenvalue weighted by Crippen LogP contribution is -2.07. The summed E-state index contributed by atoms with van der Waals surface area (Å²) in [4.78, 5) is 16.5. The summed E-state index contributed by atoms with van der Waals surface area (Å²) in [7, 11) is 2.82. The van der Waals surface area contributed by atoms with Gasteiger partial charge in [-0.3, -0.25) is 4.98 Å². The molecule has 0 amide bonds. The molecule has 26 heavy (non-hydrogen) atoms. The molecule has 0 aliphatic carbocycles. The number of hydrogen-bond acceptors (Lipinski definition) is 5. The van der Waals surface area contributed by atoms with Crippen molar-refractivity contribution >= 4 is 18.1 Å². The van der Waals surface area contributed by atoms with E-state index in [1.54, 1.807) is 24.4 Å². The number of esters is 1. The molecule has 0 radical (unpaired) electrons. The van der Waals surface area contributed by atoms with Crippen LogP contribution in [-0.4, -0.2) is 30.3 Å². The quantitative estimate of drug-likeness (QED) is 0.621. The van der Waals surface area contributed by atoms with Gasteiger partial charge >= 0.3 is 5.97 Å². The van der Waals surface area contributed by atoms with E-state index in [0.29, 0.717) is 23.3 Å². The number of methoxy groups -OCH3 is 2. The van der Waals surface area contributed by atoms with Gasteiger partial charge in [-0.15, -0.1) is 0 Å². The number of ether oxygens (including phenoxy) is 2. The molecule has 0 saturated carbocycles. The molecular formula is C21H23NO4. The van der Waals surface area contributed by atoms with Crippen molar-refractivity contribution in [1.82, 2.24) is 4.98 Å². The molecule has 0 spiro atoms. The highest BCUT2D eigenvalue weighted by molar-refractivity contribution is 5.98. The SMILES string of the molecule is COC(=O)c1c(/C=C/c2ccccn2)cc(OC)c(CC=C(C)C)c1O. The first-order valence-electron chi connectivity index (χ1n) is 8.21. The maximum Gasteiger partial charge on any atom is 0.342 e. The van der Waals surface area contributed by atoms with Gasteiger partial charge in [0.25, 0.3) is 0 Å². The van der Waals surface area contributed by atoms with Crippen LogP contribution in [0, 0.1) is 0 Å². The second-order valence-electron chi connectivity index (χ2n) is 5.94. The summed E-state index contributed by atoms with van der Waals surface area (Å²) >= 11 is 0. The van der Waals surface area contributed by atoms with Gasteiger partial charge in [0.2, 0.25) is 0 Å². The Labute approximate surface area is 153 Å². The Morgan fingerprint density at radius 1 is 1.23 bits per heavy atom. The maximum absolute atomic E-state index is 12.3. The molecule has 0 atom stereocenters. The summed E-state index contributed by atoms with van der Waals surface area (Å²) in [6, 6.07) is 7.26. The van der Waals surface area contributed by atoms with Crippen LogP contribution < -0.4 is 4.74 Å². The van der Waals surface area contributed by atoms with Gasteiger partial charge in [0.05, 0.1) is 19.9 Å². The third-order valence-electron chi connectivity index (χ3n) is 3.84. The number of aromatic nitrogens is 1. The zero-order valence-corrected chi connectivity index (χ0v) is 15.4. The molecule has 0 bridgehead atoms. The van der Waals surface area contributed by atoms with Crippen molar-refractivity contribution in [3.8, 4) is 11.5 Å². The number of phenols is 1. The second-order valence-corrected chi connectivity index (χ2v) is 5.94. The van der Waals surface area contributed by atoms with E-state index in [9.17, 15) is 9.90 Å². The fraction of sp³-hybridized carbons (Fsp3) is 0.238. The van der Waals surface area contributed by atoms with Crippen molar-refractivity contribution in [2.45, 2.75) is 20.3 Å². The lowest BCUT2D eigenvalue weighted by molar-refractivity contribution is 0.0597. The van der Waals surface area contributed by atoms with Gasteiger partial charge < -0.3 is 14.6 Å². The fourth-order valence-electron chi connectivity index (χ4n) is 2.49. The summed E-state index contributed by atoms with van der Waals surface area (Å²) in [5, 5.41) is 10.7. The summed E-state index contributed by atoms with van der Waals surface area (Å²) in [5.41, 5.74) is 2.99. The molecular weight excluding hydrogens is 330 g/mol. The molecule has 5 nitrogen and oxygen atoms in total. The Kier molecular flexibility index (Phi) is 6.55. The summed E-state index contributed by atoms with van der Waals surface area (Å²) < 4.78 is 10.3. The largest absolute Gasteiger partial charge is 0.507 e. The van der Waals surface area contributed by atoms with Crippen molar-refractivity contribution in [3.05, 3.63) is 64.5 Å². The molecule has 1 N–H and O–H groups in total. The van der Waals surface area contributed by atoms with E-state index in [2.05, 4.69) is 4.98 Å². The van der Waals surface area contributed by atoms with Crippen molar-refractivity contribution < 1.29 is 19.4 Å². The minimum atomic E-state index is -0.607. The number of allylic oxidation sites excluding steroid dienone is 2. The second kappa shape index (κ2) is 8.85. The Morgan fingerprint density at radius 3 is 2.58 bits per heavy atom. The van der Waals surface area contributed by atoms with Gasteiger partial charge in [-0.05, 0) is 50.1 Å². The van der Waals surface area contributed by atoms with Crippen molar-refractivity contribution in [2.75, 3.05) is 14.2 Å². The van der Waals surface area contributed by atoms with Crippen LogP contribution in [0.25, 0.3) is 12.2 Å². The number of nitrogens with zero attached hydrogens (tertiary/aromatic N) is 1. The normalized spacial score (nSPS) is 10.6. The number of rotatable bonds is 6. The summed E-state index contributed by atoms with van der Waals surface area (Å²) in [6.07, 6.45) is 7.56. The smallest absolute Gasteiger partial charge is 0.342 e. The van der Waals surface area contributed by atoms with Crippen LogP contribution in [0.4, 0.5) is 0 Å². The number of carbonyl (C=O) groups excluding carboxylic acids is 1. The number of hydrogen-bond donors (Lipinski definition) is 1. The van der Waals surface area contributed by atoms with Crippen LogP contribution in [0.5, 0.6) is 11.5 Å². The first-order valence-corrected chi connectivity index (χ1v) is 8.21. The molecule has 0 saturated heterocycles. The van der Waals surface area contributed by atoms with Crippen molar-refractivity contribution in [3.63, 3.8) is 0 Å². The van der Waals surface area contributed by atoms with E-state index in [-0.39, 0.29) is 11.3 Å². The highest BCUT2D eigenvalue weighted by Gasteiger charge is 2.22. The first-order chi connectivity index (χ1) is 12.5. The highest BCUT2D eigenvalue weighted by Crippen LogP contribution is 2.36. The molecule has 2 rings (SSSR count). The van der Waals surface area contributed by atoms with Crippen LogP contribution in [0.2, 0.25) is 0 Å². The molecule has 1 heterocycles. The zero-order valence-electron chi connectivity index (χ0n) is 15.4. The van der Waals surface area contributed by atoms with Crippen LogP contribution in [0.15, 0.2) is 42.1 Å². The predicted octanol–water partition coefficient (Wildman–Crippen LogP) is 4.26. The highest BCUT2D eigenvalue weighted by atomic mass is 16.5. The molecule has 0 aliphatic rings. The molecule has 0 aliphatic heterocycles. The van der Waals surface area contributed by atoms with E-state index >= 15 is 0 Å². The standard InChI is InChI=1S/C21H23NO4/c1-14(2)8-11-17-18(25-3)13-15(19(20(17)23)21(24)26-4)9-10-16-7-5-6-12-22-16/h5-10,12-13,23H,11H2,1-4H3/b10-9+. The Morgan fingerprint density at radius 2 is 2.00 bits per heavy atom. The van der Waals surface area contributed by atoms with E-state index in [4.69, 9.17) is 9.47 Å². The predicted molar refractivity (Wildman–Crippen MR) is 102 cm³/mol. The van der Waals surface area contributed by atoms with Gasteiger partial charge in [0.15, 0.2) is 0 Å². The molecule has 2 aromatic rings. The third kappa shape index (κ3) is 4.51. The van der Waals surface area contributed by atoms with E-state index in [0.717, 1.165) is 11.3 Å². The lowest BCUT2D eigenvalue weighted by Gasteiger charge is -2.15. The number of pyridine rings is 1. The average molecular weight is 353 g/mol. The van der Waals surface area contributed by atoms with Gasteiger partial charge in [0.1, 0.15) is 17.1 Å².